The molecular weight excluding hydrogens is 550 g/mol. The standard InChI is InChI=1S/C33H29N3O5S/c1-21-16-17-25(33(40)41)19-28(21)35-30(37)22(2)42-27-15-9-14-26(20-27)34-32(39)29(18-23-10-5-3-6-11-23)36-31(38)24-12-7-4-8-13-24/h3-20,22H,1-2H3,(H,34,39)(H,35,37)(H,36,38)(H,40,41)/b29-18-. The topological polar surface area (TPSA) is 125 Å². The fourth-order valence-electron chi connectivity index (χ4n) is 3.89. The number of aromatic carboxylic acids is 1. The van der Waals surface area contributed by atoms with Crippen molar-refractivity contribution in [2.45, 2.75) is 24.0 Å². The van der Waals surface area contributed by atoms with Crippen molar-refractivity contribution in [1.29, 1.82) is 0 Å². The predicted molar refractivity (Wildman–Crippen MR) is 165 cm³/mol. The van der Waals surface area contributed by atoms with Gasteiger partial charge in [-0.2, -0.15) is 0 Å². The van der Waals surface area contributed by atoms with E-state index in [4.69, 9.17) is 0 Å². The van der Waals surface area contributed by atoms with Gasteiger partial charge in [-0.15, -0.1) is 11.8 Å². The lowest BCUT2D eigenvalue weighted by atomic mass is 10.1. The van der Waals surface area contributed by atoms with Gasteiger partial charge in [0.25, 0.3) is 11.8 Å². The first-order valence-corrected chi connectivity index (χ1v) is 13.9. The molecule has 4 N–H and O–H groups in total. The lowest BCUT2D eigenvalue weighted by Gasteiger charge is -2.15. The molecule has 0 bridgehead atoms. The quantitative estimate of drug-likeness (QED) is 0.131. The molecule has 0 heterocycles. The second-order valence-electron chi connectivity index (χ2n) is 9.35. The Hall–Kier alpha value is -5.15. The third-order valence-electron chi connectivity index (χ3n) is 6.16. The van der Waals surface area contributed by atoms with Crippen LogP contribution in [0.2, 0.25) is 0 Å². The maximum atomic E-state index is 13.3. The average molecular weight is 580 g/mol. The van der Waals surface area contributed by atoms with Gasteiger partial charge >= 0.3 is 5.97 Å². The van der Waals surface area contributed by atoms with Gasteiger partial charge in [-0.05, 0) is 73.5 Å². The number of hydrogen-bond donors (Lipinski definition) is 4. The number of rotatable bonds is 10. The Kier molecular flexibility index (Phi) is 9.91. The van der Waals surface area contributed by atoms with Crippen LogP contribution in [0, 0.1) is 6.92 Å². The van der Waals surface area contributed by atoms with Crippen LogP contribution in [-0.2, 0) is 9.59 Å². The highest BCUT2D eigenvalue weighted by Crippen LogP contribution is 2.27. The summed E-state index contributed by atoms with van der Waals surface area (Å²) in [7, 11) is 0. The minimum atomic E-state index is -1.08. The Labute approximate surface area is 247 Å². The Balaban J connectivity index is 1.46. The molecule has 0 saturated heterocycles. The summed E-state index contributed by atoms with van der Waals surface area (Å²) in [6, 6.07) is 29.4. The highest BCUT2D eigenvalue weighted by molar-refractivity contribution is 8.00. The number of amides is 3. The molecule has 0 aliphatic carbocycles. The summed E-state index contributed by atoms with van der Waals surface area (Å²) < 4.78 is 0. The van der Waals surface area contributed by atoms with Gasteiger partial charge in [-0.3, -0.25) is 14.4 Å². The van der Waals surface area contributed by atoms with E-state index in [1.807, 2.05) is 36.4 Å². The molecule has 0 radical (unpaired) electrons. The van der Waals surface area contributed by atoms with Gasteiger partial charge in [-0.25, -0.2) is 4.79 Å². The number of carboxylic acid groups (broad SMARTS) is 1. The van der Waals surface area contributed by atoms with Gasteiger partial charge in [-0.1, -0.05) is 60.7 Å². The molecule has 0 aliphatic rings. The zero-order valence-corrected chi connectivity index (χ0v) is 23.8. The first-order chi connectivity index (χ1) is 20.2. The molecular formula is C33H29N3O5S. The van der Waals surface area contributed by atoms with Crippen molar-refractivity contribution in [3.63, 3.8) is 0 Å². The van der Waals surface area contributed by atoms with E-state index in [0.717, 1.165) is 16.0 Å². The van der Waals surface area contributed by atoms with Crippen molar-refractivity contribution in [3.05, 3.63) is 131 Å². The van der Waals surface area contributed by atoms with Crippen LogP contribution in [0.1, 0.15) is 38.8 Å². The number of anilines is 2. The van der Waals surface area contributed by atoms with Gasteiger partial charge in [0.05, 0.1) is 10.8 Å². The molecule has 0 fully saturated rings. The highest BCUT2D eigenvalue weighted by atomic mass is 32.2. The molecule has 42 heavy (non-hydrogen) atoms. The van der Waals surface area contributed by atoms with Crippen LogP contribution >= 0.6 is 11.8 Å². The maximum Gasteiger partial charge on any atom is 0.335 e. The molecule has 0 saturated carbocycles. The maximum absolute atomic E-state index is 13.3. The van der Waals surface area contributed by atoms with Crippen molar-refractivity contribution < 1.29 is 24.3 Å². The molecule has 212 valence electrons. The lowest BCUT2D eigenvalue weighted by molar-refractivity contribution is -0.115. The van der Waals surface area contributed by atoms with E-state index in [0.29, 0.717) is 16.9 Å². The molecule has 4 aromatic rings. The van der Waals surface area contributed by atoms with Crippen LogP contribution in [-0.4, -0.2) is 34.0 Å². The SMILES string of the molecule is Cc1ccc(C(=O)O)cc1NC(=O)C(C)Sc1cccc(NC(=O)/C(=C/c2ccccc2)NC(=O)c2ccccc2)c1. The summed E-state index contributed by atoms with van der Waals surface area (Å²) in [5, 5.41) is 17.1. The molecule has 0 spiro atoms. The van der Waals surface area contributed by atoms with Crippen molar-refractivity contribution >= 4 is 52.9 Å². The van der Waals surface area contributed by atoms with Gasteiger partial charge in [0.1, 0.15) is 5.70 Å². The summed E-state index contributed by atoms with van der Waals surface area (Å²) in [4.78, 5) is 51.1. The molecule has 4 rings (SSSR count). The number of carbonyl (C=O) groups excluding carboxylic acids is 3. The Bertz CT molecular complexity index is 1640. The van der Waals surface area contributed by atoms with Crippen molar-refractivity contribution in [1.82, 2.24) is 5.32 Å². The average Bonchev–Trinajstić information content (AvgIpc) is 2.98. The third kappa shape index (κ3) is 8.18. The first kappa shape index (κ1) is 29.8. The summed E-state index contributed by atoms with van der Waals surface area (Å²) >= 11 is 1.28. The minimum absolute atomic E-state index is 0.0693. The van der Waals surface area contributed by atoms with E-state index in [1.54, 1.807) is 74.5 Å². The zero-order valence-electron chi connectivity index (χ0n) is 23.0. The fourth-order valence-corrected chi connectivity index (χ4v) is 4.81. The lowest BCUT2D eigenvalue weighted by Crippen LogP contribution is -2.30. The largest absolute Gasteiger partial charge is 0.478 e. The van der Waals surface area contributed by atoms with E-state index in [9.17, 15) is 24.3 Å². The molecule has 0 aliphatic heterocycles. The van der Waals surface area contributed by atoms with Crippen molar-refractivity contribution in [3.8, 4) is 0 Å². The summed E-state index contributed by atoms with van der Waals surface area (Å²) in [5.74, 6) is -2.30. The van der Waals surface area contributed by atoms with E-state index >= 15 is 0 Å². The molecule has 3 amide bonds. The second kappa shape index (κ2) is 14.0. The zero-order chi connectivity index (χ0) is 30.1. The van der Waals surface area contributed by atoms with Crippen LogP contribution < -0.4 is 16.0 Å². The van der Waals surface area contributed by atoms with Crippen molar-refractivity contribution in [2.24, 2.45) is 0 Å². The number of aryl methyl sites for hydroxylation is 1. The van der Waals surface area contributed by atoms with E-state index in [2.05, 4.69) is 16.0 Å². The highest BCUT2D eigenvalue weighted by Gasteiger charge is 2.18. The van der Waals surface area contributed by atoms with Gasteiger partial charge in [0.15, 0.2) is 0 Å². The normalized spacial score (nSPS) is 11.7. The number of thioether (sulfide) groups is 1. The van der Waals surface area contributed by atoms with E-state index in [1.165, 1.54) is 23.9 Å². The molecule has 1 unspecified atom stereocenters. The third-order valence-corrected chi connectivity index (χ3v) is 7.25. The van der Waals surface area contributed by atoms with E-state index < -0.39 is 23.0 Å². The predicted octanol–water partition coefficient (Wildman–Crippen LogP) is 6.22. The molecule has 8 nitrogen and oxygen atoms in total. The number of nitrogens with one attached hydrogen (secondary N) is 3. The number of carboxylic acids is 1. The van der Waals surface area contributed by atoms with Crippen molar-refractivity contribution in [2.75, 3.05) is 10.6 Å². The Morgan fingerprint density at radius 3 is 2.17 bits per heavy atom. The van der Waals surface area contributed by atoms with Gasteiger partial charge < -0.3 is 21.1 Å². The number of hydrogen-bond acceptors (Lipinski definition) is 5. The molecule has 1 atom stereocenters. The minimum Gasteiger partial charge on any atom is -0.478 e. The smallest absolute Gasteiger partial charge is 0.335 e. The number of carbonyl (C=O) groups is 4. The van der Waals surface area contributed by atoms with E-state index in [-0.39, 0.29) is 17.2 Å². The van der Waals surface area contributed by atoms with Crippen LogP contribution in [0.4, 0.5) is 11.4 Å². The van der Waals surface area contributed by atoms with Crippen LogP contribution in [0.25, 0.3) is 6.08 Å². The van der Waals surface area contributed by atoms with Crippen LogP contribution in [0.3, 0.4) is 0 Å². The Morgan fingerprint density at radius 1 is 0.786 bits per heavy atom. The number of benzene rings is 4. The van der Waals surface area contributed by atoms with Gasteiger partial charge in [0.2, 0.25) is 5.91 Å². The fraction of sp³-hybridized carbons (Fsp3) is 0.0909. The molecule has 4 aromatic carbocycles. The summed E-state index contributed by atoms with van der Waals surface area (Å²) in [6.07, 6.45) is 1.60. The van der Waals surface area contributed by atoms with Crippen LogP contribution in [0.15, 0.2) is 114 Å². The second-order valence-corrected chi connectivity index (χ2v) is 10.8. The Morgan fingerprint density at radius 2 is 1.48 bits per heavy atom. The summed E-state index contributed by atoms with van der Waals surface area (Å²) in [6.45, 7) is 3.52. The summed E-state index contributed by atoms with van der Waals surface area (Å²) in [5.41, 5.74) is 2.97. The van der Waals surface area contributed by atoms with Crippen LogP contribution in [0.5, 0.6) is 0 Å². The molecule has 0 aromatic heterocycles. The van der Waals surface area contributed by atoms with Gasteiger partial charge in [0, 0.05) is 21.8 Å². The monoisotopic (exact) mass is 579 g/mol. The molecule has 9 heteroatoms. The first-order valence-electron chi connectivity index (χ1n) is 13.1.